The molecule has 0 aliphatic carbocycles. The van der Waals surface area contributed by atoms with Crippen LogP contribution in [0.15, 0.2) is 279 Å². The molecule has 0 atom stereocenters. The summed E-state index contributed by atoms with van der Waals surface area (Å²) >= 11 is 0. The lowest BCUT2D eigenvalue weighted by molar-refractivity contribution is 0.598. The minimum atomic E-state index is -0.313. The number of benzene rings is 13. The molecule has 0 saturated carbocycles. The van der Waals surface area contributed by atoms with E-state index < -0.39 is 0 Å². The van der Waals surface area contributed by atoms with E-state index in [1.165, 1.54) is 127 Å². The average Bonchev–Trinajstić information content (AvgIpc) is 2.85. The molecular weight excluding hydrogens is 965 g/mol. The fourth-order valence-electron chi connectivity index (χ4n) is 13.4. The quantitative estimate of drug-likeness (QED) is 0.150. The van der Waals surface area contributed by atoms with Crippen LogP contribution in [-0.4, -0.2) is 0 Å². The van der Waals surface area contributed by atoms with Crippen LogP contribution in [0.2, 0.25) is 0 Å². The molecule has 13 aromatic rings. The first-order valence-electron chi connectivity index (χ1n) is 28.1. The zero-order valence-electron chi connectivity index (χ0n) is 45.5. The average molecular weight is 1020 g/mol. The van der Waals surface area contributed by atoms with Crippen molar-refractivity contribution in [2.24, 2.45) is 0 Å². The smallest absolute Gasteiger partial charge is 0.0544 e. The molecule has 0 bridgehead atoms. The molecule has 0 radical (unpaired) electrons. The van der Waals surface area contributed by atoms with E-state index in [2.05, 4.69) is 317 Å². The van der Waals surface area contributed by atoms with Crippen molar-refractivity contribution in [3.63, 3.8) is 0 Å². The second-order valence-corrected chi connectivity index (χ2v) is 22.9. The van der Waals surface area contributed by atoms with Crippen LogP contribution in [0.5, 0.6) is 0 Å². The first-order valence-corrected chi connectivity index (χ1v) is 28.1. The van der Waals surface area contributed by atoms with Crippen LogP contribution in [0.25, 0.3) is 88.0 Å². The van der Waals surface area contributed by atoms with Gasteiger partial charge in [0.2, 0.25) is 0 Å². The Morgan fingerprint density at radius 3 is 1.25 bits per heavy atom. The van der Waals surface area contributed by atoms with Crippen molar-refractivity contribution in [3.05, 3.63) is 301 Å². The van der Waals surface area contributed by atoms with Crippen LogP contribution in [-0.2, 0) is 10.8 Å². The monoisotopic (exact) mass is 1020 g/mol. The van der Waals surface area contributed by atoms with E-state index in [1.54, 1.807) is 0 Å². The Bertz CT molecular complexity index is 4450. The van der Waals surface area contributed by atoms with Crippen molar-refractivity contribution in [2.45, 2.75) is 38.5 Å². The van der Waals surface area contributed by atoms with E-state index in [4.69, 9.17) is 0 Å². The normalized spacial score (nSPS) is 13.7. The molecule has 0 aromatic heterocycles. The van der Waals surface area contributed by atoms with Gasteiger partial charge in [0.25, 0.3) is 0 Å². The number of hydrogen-bond donors (Lipinski definition) is 0. The summed E-state index contributed by atoms with van der Waals surface area (Å²) in [5, 5.41) is 7.30. The third kappa shape index (κ3) is 7.54. The van der Waals surface area contributed by atoms with E-state index >= 15 is 0 Å². The molecule has 0 fully saturated rings. The molecule has 2 heterocycles. The van der Waals surface area contributed by atoms with Crippen molar-refractivity contribution in [3.8, 4) is 55.6 Å². The molecule has 2 heteroatoms. The Labute approximate surface area is 469 Å². The topological polar surface area (TPSA) is 6.48 Å². The molecule has 380 valence electrons. The van der Waals surface area contributed by atoms with E-state index in [1.807, 2.05) is 0 Å². The minimum absolute atomic E-state index is 0.313. The summed E-state index contributed by atoms with van der Waals surface area (Å²) in [5.41, 5.74) is 24.0. The number of fused-ring (bicyclic) bond motifs is 7. The predicted molar refractivity (Wildman–Crippen MR) is 340 cm³/mol. The van der Waals surface area contributed by atoms with Gasteiger partial charge in [-0.25, -0.2) is 0 Å². The lowest BCUT2D eigenvalue weighted by Gasteiger charge is -2.50. The Balaban J connectivity index is 0.892. The molecule has 13 aromatic carbocycles. The highest BCUT2D eigenvalue weighted by molar-refractivity contribution is 6.13. The van der Waals surface area contributed by atoms with Crippen molar-refractivity contribution in [1.82, 2.24) is 0 Å². The summed E-state index contributed by atoms with van der Waals surface area (Å²) in [4.78, 5) is 5.05. The van der Waals surface area contributed by atoms with Gasteiger partial charge < -0.3 is 9.80 Å². The highest BCUT2D eigenvalue weighted by Crippen LogP contribution is 2.62. The van der Waals surface area contributed by atoms with Gasteiger partial charge in [-0.2, -0.15) is 0 Å². The summed E-state index contributed by atoms with van der Waals surface area (Å²) in [7, 11) is 0. The van der Waals surface area contributed by atoms with Crippen LogP contribution in [0.4, 0.5) is 34.1 Å². The second kappa shape index (κ2) is 18.4. The van der Waals surface area contributed by atoms with Gasteiger partial charge in [0, 0.05) is 27.6 Å². The molecule has 0 spiro atoms. The number of hydrogen-bond acceptors (Lipinski definition) is 2. The van der Waals surface area contributed by atoms with Crippen LogP contribution >= 0.6 is 0 Å². The Kier molecular flexibility index (Phi) is 10.9. The van der Waals surface area contributed by atoms with Crippen molar-refractivity contribution in [2.75, 3.05) is 9.80 Å². The Morgan fingerprint density at radius 1 is 0.275 bits per heavy atom. The van der Waals surface area contributed by atoms with Gasteiger partial charge in [0.05, 0.1) is 22.7 Å². The summed E-state index contributed by atoms with van der Waals surface area (Å²) in [6.45, 7) is 9.74. The maximum absolute atomic E-state index is 2.62. The van der Waals surface area contributed by atoms with E-state index in [0.29, 0.717) is 0 Å². The molecule has 2 nitrogen and oxygen atoms in total. The van der Waals surface area contributed by atoms with Crippen molar-refractivity contribution in [1.29, 1.82) is 0 Å². The molecule has 0 amide bonds. The Morgan fingerprint density at radius 2 is 0.688 bits per heavy atom. The highest BCUT2D eigenvalue weighted by Gasteiger charge is 2.46. The lowest BCUT2D eigenvalue weighted by Crippen LogP contribution is -2.38. The Hall–Kier alpha value is -9.76. The largest absolute Gasteiger partial charge is 0.310 e. The van der Waals surface area contributed by atoms with Gasteiger partial charge in [0.15, 0.2) is 0 Å². The lowest BCUT2D eigenvalue weighted by atomic mass is 9.65. The predicted octanol–water partition coefficient (Wildman–Crippen LogP) is 21.7. The van der Waals surface area contributed by atoms with Gasteiger partial charge in [-0.3, -0.25) is 0 Å². The van der Waals surface area contributed by atoms with Gasteiger partial charge >= 0.3 is 0 Å². The maximum Gasteiger partial charge on any atom is 0.0544 e. The summed E-state index contributed by atoms with van der Waals surface area (Å²) in [6.07, 6.45) is 0. The van der Waals surface area contributed by atoms with Gasteiger partial charge in [-0.1, -0.05) is 252 Å². The third-order valence-corrected chi connectivity index (χ3v) is 17.6. The molecule has 0 unspecified atom stereocenters. The third-order valence-electron chi connectivity index (χ3n) is 17.6. The first kappa shape index (κ1) is 47.5. The summed E-state index contributed by atoms with van der Waals surface area (Å²) in [5.74, 6) is 0. The van der Waals surface area contributed by atoms with Crippen molar-refractivity contribution < 1.29 is 0 Å². The van der Waals surface area contributed by atoms with Crippen LogP contribution < -0.4 is 9.80 Å². The van der Waals surface area contributed by atoms with Crippen LogP contribution in [0.1, 0.15) is 49.9 Å². The number of rotatable bonds is 8. The fourth-order valence-corrected chi connectivity index (χ4v) is 13.4. The number of nitrogens with zero attached hydrogens (tertiary/aromatic N) is 2. The molecule has 15 rings (SSSR count). The van der Waals surface area contributed by atoms with E-state index in [-0.39, 0.29) is 10.8 Å². The van der Waals surface area contributed by atoms with Crippen molar-refractivity contribution >= 4 is 66.4 Å². The van der Waals surface area contributed by atoms with Crippen LogP contribution in [0.3, 0.4) is 0 Å². The van der Waals surface area contributed by atoms with E-state index in [0.717, 1.165) is 17.1 Å². The summed E-state index contributed by atoms with van der Waals surface area (Å²) < 4.78 is 0. The molecule has 80 heavy (non-hydrogen) atoms. The summed E-state index contributed by atoms with van der Waals surface area (Å²) in [6, 6.07) is 104. The molecule has 2 aliphatic heterocycles. The van der Waals surface area contributed by atoms with E-state index in [9.17, 15) is 0 Å². The maximum atomic E-state index is 2.62. The van der Waals surface area contributed by atoms with Gasteiger partial charge in [-0.15, -0.1) is 0 Å². The van der Waals surface area contributed by atoms with Crippen LogP contribution in [0, 0.1) is 0 Å². The molecule has 0 saturated heterocycles. The minimum Gasteiger partial charge on any atom is -0.310 e. The molecule has 0 N–H and O–H groups in total. The first-order chi connectivity index (χ1) is 39.2. The fraction of sp³-hybridized carbons (Fsp3) is 0.0769. The second-order valence-electron chi connectivity index (χ2n) is 22.9. The zero-order valence-corrected chi connectivity index (χ0v) is 45.5. The molecular formula is C78H58N2. The van der Waals surface area contributed by atoms with Gasteiger partial charge in [0.1, 0.15) is 0 Å². The van der Waals surface area contributed by atoms with Gasteiger partial charge in [-0.05, 0) is 159 Å². The standard InChI is InChI=1S/C78H58N2/c1-77(2)69-43-35-57(52-22-10-6-11-23-52)49-74(69)80-75-50-58(53-24-12-7-13-25-53)36-44-70(75)78(3,4)72-48-59(47-71(77)76(72)80)62-40-41-66(64-29-17-16-28-63(62)64)67-42-45-73(68-31-19-18-30-65(67)68)79(61-39-34-54-26-14-15-27-56(54)46-61)60-37-32-55(33-38-60)51-20-8-5-9-21-51/h5-50H,1-4H3. The number of anilines is 6. The molecule has 2 aliphatic rings. The zero-order chi connectivity index (χ0) is 53.7. The highest BCUT2D eigenvalue weighted by atomic mass is 15.2. The SMILES string of the molecule is CC1(C)c2ccc(-c3ccccc3)cc2N2c3cc(-c4ccccc4)ccc3C(C)(C)c3cc(-c4ccc(-c5ccc(N(c6ccc(-c7ccccc7)cc6)c6ccc7ccccc7c6)c6ccccc56)c5ccccc45)cc1c32.